The van der Waals surface area contributed by atoms with Crippen molar-refractivity contribution >= 4 is 22.7 Å². The molecule has 3 unspecified atom stereocenters. The minimum atomic E-state index is 0.351. The molecule has 1 aromatic heterocycles. The van der Waals surface area contributed by atoms with Gasteiger partial charge in [0.25, 0.3) is 0 Å². The summed E-state index contributed by atoms with van der Waals surface area (Å²) >= 11 is 0. The lowest BCUT2D eigenvalue weighted by molar-refractivity contribution is 0.439. The molecule has 98 valence electrons. The summed E-state index contributed by atoms with van der Waals surface area (Å²) in [5.41, 5.74) is 6.73. The molecule has 4 rings (SSSR count). The van der Waals surface area contributed by atoms with E-state index in [4.69, 9.17) is 5.73 Å². The van der Waals surface area contributed by atoms with Crippen molar-refractivity contribution in [3.8, 4) is 0 Å². The maximum Gasteiger partial charge on any atom is 0.222 e. The number of aromatic nitrogens is 2. The Morgan fingerprint density at radius 2 is 2.00 bits per heavy atom. The molecule has 2 aliphatic carbocycles. The maximum atomic E-state index is 5.81. The number of hydrogen-bond acceptors (Lipinski definition) is 4. The standard InChI is InChI=1S/C15H18N4/c16-15-18-12-4-2-1-3-11(12)14(19-15)17-13-8-9-5-6-10(13)7-9/h1-4,9-10,13H,5-8H2,(H3,16,17,18,19). The van der Waals surface area contributed by atoms with E-state index in [0.29, 0.717) is 12.0 Å². The van der Waals surface area contributed by atoms with Crippen LogP contribution < -0.4 is 11.1 Å². The van der Waals surface area contributed by atoms with Crippen LogP contribution in [0.25, 0.3) is 10.9 Å². The van der Waals surface area contributed by atoms with Gasteiger partial charge >= 0.3 is 0 Å². The Labute approximate surface area is 112 Å². The van der Waals surface area contributed by atoms with Gasteiger partial charge in [-0.15, -0.1) is 0 Å². The summed E-state index contributed by atoms with van der Waals surface area (Å²) in [6.45, 7) is 0. The first kappa shape index (κ1) is 11.0. The number of para-hydroxylation sites is 1. The van der Waals surface area contributed by atoms with E-state index in [1.165, 1.54) is 25.7 Å². The predicted molar refractivity (Wildman–Crippen MR) is 76.8 cm³/mol. The van der Waals surface area contributed by atoms with Gasteiger partial charge in [-0.3, -0.25) is 0 Å². The first-order chi connectivity index (χ1) is 9.29. The molecule has 0 saturated heterocycles. The maximum absolute atomic E-state index is 5.81. The zero-order valence-electron chi connectivity index (χ0n) is 10.8. The fraction of sp³-hybridized carbons (Fsp3) is 0.467. The van der Waals surface area contributed by atoms with Crippen LogP contribution in [0.2, 0.25) is 0 Å². The molecule has 0 spiro atoms. The number of nitrogen functional groups attached to an aromatic ring is 1. The van der Waals surface area contributed by atoms with Gasteiger partial charge in [0.2, 0.25) is 5.95 Å². The number of hydrogen-bond donors (Lipinski definition) is 2. The molecule has 2 fully saturated rings. The number of anilines is 2. The molecule has 4 heteroatoms. The number of nitrogens with one attached hydrogen (secondary N) is 1. The number of fused-ring (bicyclic) bond motifs is 3. The zero-order chi connectivity index (χ0) is 12.8. The van der Waals surface area contributed by atoms with Crippen molar-refractivity contribution in [2.75, 3.05) is 11.1 Å². The van der Waals surface area contributed by atoms with E-state index < -0.39 is 0 Å². The van der Waals surface area contributed by atoms with Crippen molar-refractivity contribution in [1.82, 2.24) is 9.97 Å². The highest BCUT2D eigenvalue weighted by Gasteiger charge is 2.39. The minimum Gasteiger partial charge on any atom is -0.368 e. The summed E-state index contributed by atoms with van der Waals surface area (Å²) in [5, 5.41) is 4.69. The second kappa shape index (κ2) is 4.08. The summed E-state index contributed by atoms with van der Waals surface area (Å²) in [4.78, 5) is 8.69. The third-order valence-electron chi connectivity index (χ3n) is 4.68. The summed E-state index contributed by atoms with van der Waals surface area (Å²) in [6.07, 6.45) is 5.44. The van der Waals surface area contributed by atoms with Crippen molar-refractivity contribution in [3.63, 3.8) is 0 Å². The van der Waals surface area contributed by atoms with Crippen molar-refractivity contribution in [2.45, 2.75) is 31.7 Å². The van der Waals surface area contributed by atoms with E-state index in [0.717, 1.165) is 28.6 Å². The third kappa shape index (κ3) is 1.82. The molecule has 3 N–H and O–H groups in total. The molecule has 4 nitrogen and oxygen atoms in total. The average Bonchev–Trinajstić information content (AvgIpc) is 3.01. The first-order valence-corrected chi connectivity index (χ1v) is 7.08. The Kier molecular flexibility index (Phi) is 2.37. The van der Waals surface area contributed by atoms with Gasteiger partial charge < -0.3 is 11.1 Å². The molecule has 2 aromatic rings. The van der Waals surface area contributed by atoms with Gasteiger partial charge in [-0.2, -0.15) is 4.98 Å². The Morgan fingerprint density at radius 1 is 1.11 bits per heavy atom. The first-order valence-electron chi connectivity index (χ1n) is 7.08. The van der Waals surface area contributed by atoms with Gasteiger partial charge in [0, 0.05) is 11.4 Å². The van der Waals surface area contributed by atoms with Gasteiger partial charge in [-0.1, -0.05) is 18.6 Å². The lowest BCUT2D eigenvalue weighted by Crippen LogP contribution is -2.26. The lowest BCUT2D eigenvalue weighted by atomic mass is 9.95. The van der Waals surface area contributed by atoms with Crippen LogP contribution in [0.1, 0.15) is 25.7 Å². The van der Waals surface area contributed by atoms with Gasteiger partial charge in [0.1, 0.15) is 5.82 Å². The third-order valence-corrected chi connectivity index (χ3v) is 4.68. The van der Waals surface area contributed by atoms with E-state index in [9.17, 15) is 0 Å². The molecule has 2 saturated carbocycles. The smallest absolute Gasteiger partial charge is 0.222 e. The van der Waals surface area contributed by atoms with Crippen molar-refractivity contribution in [1.29, 1.82) is 0 Å². The summed E-state index contributed by atoms with van der Waals surface area (Å²) < 4.78 is 0. The summed E-state index contributed by atoms with van der Waals surface area (Å²) in [5.74, 6) is 3.00. The van der Waals surface area contributed by atoms with Crippen LogP contribution in [-0.2, 0) is 0 Å². The predicted octanol–water partition coefficient (Wildman–Crippen LogP) is 2.81. The second-order valence-corrected chi connectivity index (χ2v) is 5.87. The number of nitrogens with two attached hydrogens (primary N) is 1. The molecule has 2 bridgehead atoms. The molecular formula is C15H18N4. The highest BCUT2D eigenvalue weighted by Crippen LogP contribution is 2.45. The Bertz CT molecular complexity index is 625. The Morgan fingerprint density at radius 3 is 2.79 bits per heavy atom. The van der Waals surface area contributed by atoms with Crippen LogP contribution in [0, 0.1) is 11.8 Å². The molecule has 0 amide bonds. The molecule has 3 atom stereocenters. The van der Waals surface area contributed by atoms with Crippen LogP contribution in [0.4, 0.5) is 11.8 Å². The molecule has 0 aliphatic heterocycles. The van der Waals surface area contributed by atoms with Crippen LogP contribution in [0.5, 0.6) is 0 Å². The number of rotatable bonds is 2. The van der Waals surface area contributed by atoms with E-state index in [-0.39, 0.29) is 0 Å². The Balaban J connectivity index is 1.70. The van der Waals surface area contributed by atoms with E-state index in [1.54, 1.807) is 0 Å². The highest BCUT2D eigenvalue weighted by atomic mass is 15.1. The van der Waals surface area contributed by atoms with Gasteiger partial charge in [0.05, 0.1) is 5.52 Å². The SMILES string of the molecule is Nc1nc(NC2CC3CCC2C3)c2ccccc2n1. The van der Waals surface area contributed by atoms with E-state index in [2.05, 4.69) is 21.4 Å². The van der Waals surface area contributed by atoms with Gasteiger partial charge in [-0.05, 0) is 43.2 Å². The van der Waals surface area contributed by atoms with Crippen molar-refractivity contribution < 1.29 is 0 Å². The summed E-state index contributed by atoms with van der Waals surface area (Å²) in [6, 6.07) is 8.62. The molecule has 1 aromatic carbocycles. The van der Waals surface area contributed by atoms with Crippen molar-refractivity contribution in [2.24, 2.45) is 11.8 Å². The highest BCUT2D eigenvalue weighted by molar-refractivity contribution is 5.89. The number of benzene rings is 1. The van der Waals surface area contributed by atoms with Crippen LogP contribution >= 0.6 is 0 Å². The topological polar surface area (TPSA) is 63.8 Å². The average molecular weight is 254 g/mol. The summed E-state index contributed by atoms with van der Waals surface area (Å²) in [7, 11) is 0. The monoisotopic (exact) mass is 254 g/mol. The van der Waals surface area contributed by atoms with Crippen molar-refractivity contribution in [3.05, 3.63) is 24.3 Å². The quantitative estimate of drug-likeness (QED) is 0.865. The van der Waals surface area contributed by atoms with Gasteiger partial charge in [-0.25, -0.2) is 4.98 Å². The van der Waals surface area contributed by atoms with Crippen LogP contribution in [0.3, 0.4) is 0 Å². The fourth-order valence-electron chi connectivity index (χ4n) is 3.80. The molecule has 1 heterocycles. The normalized spacial score (nSPS) is 28.9. The minimum absolute atomic E-state index is 0.351. The molecular weight excluding hydrogens is 236 g/mol. The van der Waals surface area contributed by atoms with E-state index >= 15 is 0 Å². The molecule has 19 heavy (non-hydrogen) atoms. The molecule has 0 radical (unpaired) electrons. The zero-order valence-corrected chi connectivity index (χ0v) is 10.8. The Hall–Kier alpha value is -1.84. The van der Waals surface area contributed by atoms with Crippen LogP contribution in [0.15, 0.2) is 24.3 Å². The fourth-order valence-corrected chi connectivity index (χ4v) is 3.80. The molecule has 2 aliphatic rings. The largest absolute Gasteiger partial charge is 0.368 e. The number of nitrogens with zero attached hydrogens (tertiary/aromatic N) is 2. The van der Waals surface area contributed by atoms with Gasteiger partial charge in [0.15, 0.2) is 0 Å². The second-order valence-electron chi connectivity index (χ2n) is 5.87. The van der Waals surface area contributed by atoms with Crippen LogP contribution in [-0.4, -0.2) is 16.0 Å². The van der Waals surface area contributed by atoms with E-state index in [1.807, 2.05) is 18.2 Å². The lowest BCUT2D eigenvalue weighted by Gasteiger charge is -2.24.